The monoisotopic (exact) mass is 359 g/mol. The SMILES string of the molecule is COC(=O)c1ccc(NS(=O)(=O)c2ccc(C(=O)C3CC3)cc2)cc1. The molecule has 25 heavy (non-hydrogen) atoms. The summed E-state index contributed by atoms with van der Waals surface area (Å²) in [6, 6.07) is 11.8. The van der Waals surface area contributed by atoms with Crippen molar-refractivity contribution in [1.82, 2.24) is 0 Å². The van der Waals surface area contributed by atoms with Crippen molar-refractivity contribution < 1.29 is 22.7 Å². The molecule has 0 radical (unpaired) electrons. The smallest absolute Gasteiger partial charge is 0.337 e. The fourth-order valence-electron chi connectivity index (χ4n) is 2.39. The zero-order valence-corrected chi connectivity index (χ0v) is 14.4. The summed E-state index contributed by atoms with van der Waals surface area (Å²) >= 11 is 0. The highest BCUT2D eigenvalue weighted by Crippen LogP contribution is 2.32. The molecule has 0 atom stereocenters. The average molecular weight is 359 g/mol. The van der Waals surface area contributed by atoms with Crippen LogP contribution in [0.1, 0.15) is 33.6 Å². The number of esters is 1. The Morgan fingerprint density at radius 2 is 1.52 bits per heavy atom. The van der Waals surface area contributed by atoms with Gasteiger partial charge in [0.2, 0.25) is 0 Å². The van der Waals surface area contributed by atoms with E-state index in [4.69, 9.17) is 0 Å². The van der Waals surface area contributed by atoms with Gasteiger partial charge in [-0.25, -0.2) is 13.2 Å². The maximum Gasteiger partial charge on any atom is 0.337 e. The molecule has 1 fully saturated rings. The van der Waals surface area contributed by atoms with Crippen molar-refractivity contribution in [3.63, 3.8) is 0 Å². The van der Waals surface area contributed by atoms with Crippen molar-refractivity contribution in [2.24, 2.45) is 5.92 Å². The molecule has 2 aromatic rings. The predicted octanol–water partition coefficient (Wildman–Crippen LogP) is 2.87. The number of sulfonamides is 1. The van der Waals surface area contributed by atoms with Crippen molar-refractivity contribution in [3.05, 3.63) is 59.7 Å². The minimum atomic E-state index is -3.78. The summed E-state index contributed by atoms with van der Waals surface area (Å²) in [5, 5.41) is 0. The molecular formula is C18H17NO5S. The highest BCUT2D eigenvalue weighted by Gasteiger charge is 2.30. The Balaban J connectivity index is 1.74. The lowest BCUT2D eigenvalue weighted by Crippen LogP contribution is -2.13. The van der Waals surface area contributed by atoms with Crippen LogP contribution in [0.3, 0.4) is 0 Å². The zero-order valence-electron chi connectivity index (χ0n) is 13.6. The quantitative estimate of drug-likeness (QED) is 0.633. The number of carbonyl (C=O) groups is 2. The first-order valence-corrected chi connectivity index (χ1v) is 9.24. The van der Waals surface area contributed by atoms with Crippen LogP contribution in [0.25, 0.3) is 0 Å². The fourth-order valence-corrected chi connectivity index (χ4v) is 3.44. The second-order valence-corrected chi connectivity index (χ2v) is 7.52. The summed E-state index contributed by atoms with van der Waals surface area (Å²) in [5.41, 5.74) is 1.18. The molecule has 0 spiro atoms. The Morgan fingerprint density at radius 3 is 2.04 bits per heavy atom. The zero-order chi connectivity index (χ0) is 18.0. The number of anilines is 1. The lowest BCUT2D eigenvalue weighted by molar-refractivity contribution is 0.0600. The first-order chi connectivity index (χ1) is 11.9. The van der Waals surface area contributed by atoms with Gasteiger partial charge in [-0.05, 0) is 49.2 Å². The number of hydrogen-bond donors (Lipinski definition) is 1. The molecule has 3 rings (SSSR count). The van der Waals surface area contributed by atoms with Crippen LogP contribution in [0.15, 0.2) is 53.4 Å². The molecule has 0 bridgehead atoms. The second-order valence-electron chi connectivity index (χ2n) is 5.84. The number of hydrogen-bond acceptors (Lipinski definition) is 5. The summed E-state index contributed by atoms with van der Waals surface area (Å²) in [6.07, 6.45) is 1.81. The summed E-state index contributed by atoms with van der Waals surface area (Å²) in [4.78, 5) is 23.4. The molecule has 6 nitrogen and oxygen atoms in total. The summed E-state index contributed by atoms with van der Waals surface area (Å²) < 4.78 is 31.9. The van der Waals surface area contributed by atoms with E-state index in [0.717, 1.165) is 12.8 Å². The van der Waals surface area contributed by atoms with Crippen molar-refractivity contribution in [2.45, 2.75) is 17.7 Å². The van der Waals surface area contributed by atoms with Gasteiger partial charge in [0.15, 0.2) is 5.78 Å². The van der Waals surface area contributed by atoms with Gasteiger partial charge in [-0.2, -0.15) is 0 Å². The molecule has 130 valence electrons. The van der Waals surface area contributed by atoms with Crippen LogP contribution in [0.4, 0.5) is 5.69 Å². The van der Waals surface area contributed by atoms with Crippen molar-refractivity contribution in [3.8, 4) is 0 Å². The lowest BCUT2D eigenvalue weighted by Gasteiger charge is -2.09. The van der Waals surface area contributed by atoms with Gasteiger partial charge < -0.3 is 4.74 Å². The molecule has 0 unspecified atom stereocenters. The van der Waals surface area contributed by atoms with E-state index in [1.807, 2.05) is 0 Å². The van der Waals surface area contributed by atoms with Crippen LogP contribution < -0.4 is 4.72 Å². The largest absolute Gasteiger partial charge is 0.465 e. The third-order valence-corrected chi connectivity index (χ3v) is 5.35. The number of rotatable bonds is 6. The van der Waals surface area contributed by atoms with Crippen LogP contribution in [0.5, 0.6) is 0 Å². The molecule has 0 heterocycles. The maximum absolute atomic E-state index is 12.4. The van der Waals surface area contributed by atoms with E-state index in [-0.39, 0.29) is 16.6 Å². The van der Waals surface area contributed by atoms with E-state index < -0.39 is 16.0 Å². The predicted molar refractivity (Wildman–Crippen MR) is 92.1 cm³/mol. The van der Waals surface area contributed by atoms with Crippen LogP contribution in [-0.2, 0) is 14.8 Å². The Labute approximate surface area is 145 Å². The minimum absolute atomic E-state index is 0.0651. The Morgan fingerprint density at radius 1 is 0.960 bits per heavy atom. The number of nitrogens with one attached hydrogen (secondary N) is 1. The van der Waals surface area contributed by atoms with E-state index in [2.05, 4.69) is 9.46 Å². The summed E-state index contributed by atoms with van der Waals surface area (Å²) in [7, 11) is -2.50. The van der Waals surface area contributed by atoms with Crippen molar-refractivity contribution >= 4 is 27.5 Å². The van der Waals surface area contributed by atoms with Crippen molar-refractivity contribution in [2.75, 3.05) is 11.8 Å². The van der Waals surface area contributed by atoms with Crippen LogP contribution >= 0.6 is 0 Å². The highest BCUT2D eigenvalue weighted by molar-refractivity contribution is 7.92. The van der Waals surface area contributed by atoms with E-state index in [1.165, 1.54) is 55.6 Å². The van der Waals surface area contributed by atoms with Gasteiger partial charge in [0.05, 0.1) is 17.6 Å². The van der Waals surface area contributed by atoms with Gasteiger partial charge in [0.1, 0.15) is 0 Å². The van der Waals surface area contributed by atoms with Gasteiger partial charge in [0, 0.05) is 17.2 Å². The Hall–Kier alpha value is -2.67. The lowest BCUT2D eigenvalue weighted by atomic mass is 10.1. The number of methoxy groups -OCH3 is 1. The number of benzene rings is 2. The van der Waals surface area contributed by atoms with E-state index in [9.17, 15) is 18.0 Å². The van der Waals surface area contributed by atoms with E-state index in [1.54, 1.807) is 0 Å². The topological polar surface area (TPSA) is 89.5 Å². The van der Waals surface area contributed by atoms with Crippen LogP contribution in [-0.4, -0.2) is 27.3 Å². The normalized spacial score (nSPS) is 14.0. The van der Waals surface area contributed by atoms with E-state index >= 15 is 0 Å². The molecule has 1 aliphatic rings. The van der Waals surface area contributed by atoms with Crippen LogP contribution in [0, 0.1) is 5.92 Å². The number of carbonyl (C=O) groups excluding carboxylic acids is 2. The van der Waals surface area contributed by atoms with Gasteiger partial charge in [0.25, 0.3) is 10.0 Å². The Bertz CT molecular complexity index is 897. The van der Waals surface area contributed by atoms with Crippen molar-refractivity contribution in [1.29, 1.82) is 0 Å². The number of ketones is 1. The summed E-state index contributed by atoms with van der Waals surface area (Å²) in [5.74, 6) is -0.338. The first kappa shape index (κ1) is 17.2. The molecule has 7 heteroatoms. The molecule has 1 saturated carbocycles. The highest BCUT2D eigenvalue weighted by atomic mass is 32.2. The molecule has 0 saturated heterocycles. The fraction of sp³-hybridized carbons (Fsp3) is 0.222. The minimum Gasteiger partial charge on any atom is -0.465 e. The molecule has 0 aliphatic heterocycles. The molecule has 0 aromatic heterocycles. The van der Waals surface area contributed by atoms with Gasteiger partial charge >= 0.3 is 5.97 Å². The maximum atomic E-state index is 12.4. The van der Waals surface area contributed by atoms with Gasteiger partial charge in [-0.1, -0.05) is 12.1 Å². The van der Waals surface area contributed by atoms with E-state index in [0.29, 0.717) is 16.8 Å². The standard InChI is InChI=1S/C18H17NO5S/c1-24-18(21)14-4-8-15(9-5-14)19-25(22,23)16-10-6-13(7-11-16)17(20)12-2-3-12/h4-12,19H,2-3H2,1H3. The molecular weight excluding hydrogens is 342 g/mol. The average Bonchev–Trinajstić information content (AvgIpc) is 3.46. The molecule has 0 amide bonds. The molecule has 2 aromatic carbocycles. The first-order valence-electron chi connectivity index (χ1n) is 7.76. The third kappa shape index (κ3) is 3.88. The molecule has 1 N–H and O–H groups in total. The second kappa shape index (κ2) is 6.68. The van der Waals surface area contributed by atoms with Gasteiger partial charge in [-0.15, -0.1) is 0 Å². The third-order valence-electron chi connectivity index (χ3n) is 3.96. The molecule has 1 aliphatic carbocycles. The summed E-state index contributed by atoms with van der Waals surface area (Å²) in [6.45, 7) is 0. The van der Waals surface area contributed by atoms with Gasteiger partial charge in [-0.3, -0.25) is 9.52 Å². The van der Waals surface area contributed by atoms with Crippen LogP contribution in [0.2, 0.25) is 0 Å². The number of Topliss-reactive ketones (excluding diaryl/α,β-unsaturated/α-hetero) is 1. The Kier molecular flexibility index (Phi) is 4.59. The number of ether oxygens (including phenoxy) is 1.